The Morgan fingerprint density at radius 1 is 1.21 bits per heavy atom. The van der Waals surface area contributed by atoms with Crippen molar-refractivity contribution in [2.24, 2.45) is 13.0 Å². The van der Waals surface area contributed by atoms with Crippen molar-refractivity contribution in [3.05, 3.63) is 28.6 Å². The van der Waals surface area contributed by atoms with Gasteiger partial charge in [-0.05, 0) is 44.5 Å². The number of benzene rings is 1. The predicted molar refractivity (Wildman–Crippen MR) is 102 cm³/mol. The number of halogens is 2. The topological polar surface area (TPSA) is 83.7 Å². The molecule has 0 bridgehead atoms. The average Bonchev–Trinajstić information content (AvgIpc) is 3.07. The lowest BCUT2D eigenvalue weighted by Gasteiger charge is -2.36. The number of alkyl halides is 2. The molecule has 1 aromatic carbocycles. The third-order valence-corrected chi connectivity index (χ3v) is 5.83. The number of aromatic hydroxyl groups is 1. The summed E-state index contributed by atoms with van der Waals surface area (Å²) < 4.78 is 30.3. The molecule has 2 aliphatic rings. The number of hydrogen-bond acceptors (Lipinski definition) is 7. The van der Waals surface area contributed by atoms with Gasteiger partial charge in [-0.1, -0.05) is 0 Å². The van der Waals surface area contributed by atoms with Gasteiger partial charge >= 0.3 is 6.61 Å². The molecule has 2 atom stereocenters. The molecule has 156 valence electrons. The summed E-state index contributed by atoms with van der Waals surface area (Å²) in [5.41, 5.74) is -0.0989. The smallest absolute Gasteiger partial charge is 0.387 e. The van der Waals surface area contributed by atoms with Gasteiger partial charge in [-0.3, -0.25) is 9.36 Å². The van der Waals surface area contributed by atoms with Crippen LogP contribution in [0.5, 0.6) is 11.5 Å². The van der Waals surface area contributed by atoms with E-state index in [1.54, 1.807) is 7.05 Å². The van der Waals surface area contributed by atoms with Crippen molar-refractivity contribution in [3.63, 3.8) is 0 Å². The number of likely N-dealkylation sites (tertiary alicyclic amines) is 1. The SMILES string of the molecule is CN1CC[C@@H]2CCN(c3nnc(-c4ccc(OC(F)F)cc4O)n(C)c3=O)[C@@H]2C1. The molecule has 2 saturated heterocycles. The van der Waals surface area contributed by atoms with Gasteiger partial charge in [0.15, 0.2) is 5.82 Å². The molecular formula is C19H23F2N5O3. The first-order valence-electron chi connectivity index (χ1n) is 9.52. The first kappa shape index (κ1) is 19.6. The minimum absolute atomic E-state index is 0.149. The van der Waals surface area contributed by atoms with Gasteiger partial charge in [0.1, 0.15) is 11.5 Å². The summed E-state index contributed by atoms with van der Waals surface area (Å²) in [5.74, 6) is 0.493. The fourth-order valence-corrected chi connectivity index (χ4v) is 4.30. The molecule has 0 spiro atoms. The highest BCUT2D eigenvalue weighted by atomic mass is 19.3. The van der Waals surface area contributed by atoms with Crippen LogP contribution in [0.15, 0.2) is 23.0 Å². The largest absolute Gasteiger partial charge is 0.507 e. The maximum atomic E-state index is 13.0. The average molecular weight is 407 g/mol. The van der Waals surface area contributed by atoms with Gasteiger partial charge in [-0.25, -0.2) is 0 Å². The molecule has 2 aliphatic heterocycles. The Morgan fingerprint density at radius 2 is 1.97 bits per heavy atom. The summed E-state index contributed by atoms with van der Waals surface area (Å²) in [4.78, 5) is 17.3. The Morgan fingerprint density at radius 3 is 2.69 bits per heavy atom. The van der Waals surface area contributed by atoms with E-state index in [0.29, 0.717) is 11.7 Å². The van der Waals surface area contributed by atoms with Crippen molar-refractivity contribution in [3.8, 4) is 22.9 Å². The summed E-state index contributed by atoms with van der Waals surface area (Å²) in [5, 5.41) is 18.6. The number of phenolic OH excluding ortho intramolecular Hbond substituents is 1. The number of nitrogens with zero attached hydrogens (tertiary/aromatic N) is 5. The summed E-state index contributed by atoms with van der Waals surface area (Å²) in [6, 6.07) is 3.95. The third kappa shape index (κ3) is 3.64. The van der Waals surface area contributed by atoms with Crippen molar-refractivity contribution >= 4 is 5.82 Å². The van der Waals surface area contributed by atoms with Crippen molar-refractivity contribution in [1.82, 2.24) is 19.7 Å². The molecule has 2 aromatic rings. The van der Waals surface area contributed by atoms with Crippen molar-refractivity contribution in [1.29, 1.82) is 0 Å². The summed E-state index contributed by atoms with van der Waals surface area (Å²) in [7, 11) is 3.63. The molecule has 0 saturated carbocycles. The zero-order valence-corrected chi connectivity index (χ0v) is 16.3. The number of hydrogen-bond donors (Lipinski definition) is 1. The molecule has 1 N–H and O–H groups in total. The molecule has 29 heavy (non-hydrogen) atoms. The van der Waals surface area contributed by atoms with Crippen molar-refractivity contribution in [2.75, 3.05) is 31.6 Å². The fraction of sp³-hybridized carbons (Fsp3) is 0.526. The van der Waals surface area contributed by atoms with E-state index in [0.717, 1.165) is 38.5 Å². The molecule has 10 heteroatoms. The van der Waals surface area contributed by atoms with Gasteiger partial charge < -0.3 is 19.6 Å². The summed E-state index contributed by atoms with van der Waals surface area (Å²) in [6.07, 6.45) is 2.13. The number of aromatic nitrogens is 3. The number of likely N-dealkylation sites (N-methyl/N-ethyl adjacent to an activating group) is 1. The first-order chi connectivity index (χ1) is 13.8. The highest BCUT2D eigenvalue weighted by Crippen LogP contribution is 2.34. The van der Waals surface area contributed by atoms with Gasteiger partial charge in [0.2, 0.25) is 5.82 Å². The Balaban J connectivity index is 1.66. The zero-order chi connectivity index (χ0) is 20.7. The molecule has 0 aliphatic carbocycles. The quantitative estimate of drug-likeness (QED) is 0.826. The van der Waals surface area contributed by atoms with Crippen LogP contribution in [0, 0.1) is 5.92 Å². The number of anilines is 1. The second-order valence-electron chi connectivity index (χ2n) is 7.63. The molecule has 3 heterocycles. The van der Waals surface area contributed by atoms with Crippen LogP contribution in [0.25, 0.3) is 11.4 Å². The van der Waals surface area contributed by atoms with Gasteiger partial charge in [-0.15, -0.1) is 10.2 Å². The van der Waals surface area contributed by atoms with Crippen LogP contribution in [0.2, 0.25) is 0 Å². The third-order valence-electron chi connectivity index (χ3n) is 5.83. The number of fused-ring (bicyclic) bond motifs is 1. The predicted octanol–water partition coefficient (Wildman–Crippen LogP) is 1.68. The molecule has 0 radical (unpaired) electrons. The van der Waals surface area contributed by atoms with Crippen LogP contribution in [0.4, 0.5) is 14.6 Å². The van der Waals surface area contributed by atoms with E-state index in [1.165, 1.54) is 16.7 Å². The standard InChI is InChI=1S/C19H23F2N5O3/c1-24-7-5-11-6-8-26(14(11)10-24)17-18(28)25(2)16(22-23-17)13-4-3-12(9-15(13)27)29-19(20)21/h3-4,9,11,14,19,27H,5-8,10H2,1-2H3/t11-,14-/m1/s1. The van der Waals surface area contributed by atoms with Gasteiger partial charge in [-0.2, -0.15) is 8.78 Å². The molecular weight excluding hydrogens is 384 g/mol. The highest BCUT2D eigenvalue weighted by molar-refractivity contribution is 5.65. The van der Waals surface area contributed by atoms with Gasteiger partial charge in [0, 0.05) is 32.2 Å². The Hall–Kier alpha value is -2.75. The summed E-state index contributed by atoms with van der Waals surface area (Å²) in [6.45, 7) is -0.296. The van der Waals surface area contributed by atoms with Crippen LogP contribution in [0.1, 0.15) is 12.8 Å². The van der Waals surface area contributed by atoms with E-state index in [9.17, 15) is 18.7 Å². The number of ether oxygens (including phenoxy) is 1. The molecule has 1 aromatic heterocycles. The lowest BCUT2D eigenvalue weighted by molar-refractivity contribution is -0.0499. The minimum Gasteiger partial charge on any atom is -0.507 e. The molecule has 0 unspecified atom stereocenters. The van der Waals surface area contributed by atoms with Crippen molar-refractivity contribution in [2.45, 2.75) is 25.5 Å². The maximum absolute atomic E-state index is 13.0. The highest BCUT2D eigenvalue weighted by Gasteiger charge is 2.39. The zero-order valence-electron chi connectivity index (χ0n) is 16.3. The fourth-order valence-electron chi connectivity index (χ4n) is 4.30. The first-order valence-corrected chi connectivity index (χ1v) is 9.52. The number of piperidine rings is 1. The maximum Gasteiger partial charge on any atom is 0.387 e. The molecule has 8 nitrogen and oxygen atoms in total. The number of rotatable bonds is 4. The van der Waals surface area contributed by atoms with E-state index in [4.69, 9.17) is 0 Å². The van der Waals surface area contributed by atoms with E-state index in [2.05, 4.69) is 26.9 Å². The van der Waals surface area contributed by atoms with Crippen LogP contribution >= 0.6 is 0 Å². The number of phenols is 1. The van der Waals surface area contributed by atoms with Crippen molar-refractivity contribution < 1.29 is 18.6 Å². The minimum atomic E-state index is -2.99. The summed E-state index contributed by atoms with van der Waals surface area (Å²) >= 11 is 0. The van der Waals surface area contributed by atoms with Crippen LogP contribution in [0.3, 0.4) is 0 Å². The molecule has 0 amide bonds. The lowest BCUT2D eigenvalue weighted by Crippen LogP contribution is -2.48. The van der Waals surface area contributed by atoms with E-state index in [-0.39, 0.29) is 34.5 Å². The van der Waals surface area contributed by atoms with Gasteiger partial charge in [0.05, 0.1) is 5.56 Å². The van der Waals surface area contributed by atoms with E-state index < -0.39 is 6.61 Å². The Bertz CT molecular complexity index is 967. The van der Waals surface area contributed by atoms with Crippen LogP contribution in [-0.4, -0.2) is 64.1 Å². The molecule has 4 rings (SSSR count). The van der Waals surface area contributed by atoms with Gasteiger partial charge in [0.25, 0.3) is 5.56 Å². The Kier molecular flexibility index (Phi) is 5.12. The van der Waals surface area contributed by atoms with E-state index in [1.807, 2.05) is 4.90 Å². The Labute approximate surface area is 166 Å². The monoisotopic (exact) mass is 407 g/mol. The normalized spacial score (nSPS) is 22.2. The lowest BCUT2D eigenvalue weighted by atomic mass is 9.92. The van der Waals surface area contributed by atoms with Crippen LogP contribution in [-0.2, 0) is 7.05 Å². The molecule has 2 fully saturated rings. The van der Waals surface area contributed by atoms with E-state index >= 15 is 0 Å². The second-order valence-corrected chi connectivity index (χ2v) is 7.63. The second kappa shape index (κ2) is 7.58. The van der Waals surface area contributed by atoms with Crippen LogP contribution < -0.4 is 15.2 Å².